The predicted octanol–water partition coefficient (Wildman–Crippen LogP) is 3.46. The van der Waals surface area contributed by atoms with Crippen LogP contribution >= 0.6 is 0 Å². The lowest BCUT2D eigenvalue weighted by Crippen LogP contribution is -2.15. The van der Waals surface area contributed by atoms with Gasteiger partial charge in [0.15, 0.2) is 5.03 Å². The smallest absolute Gasteiger partial charge is 0.278 e. The van der Waals surface area contributed by atoms with Crippen LogP contribution in [0, 0.1) is 0 Å². The summed E-state index contributed by atoms with van der Waals surface area (Å²) in [6.07, 6.45) is 1.42. The topological polar surface area (TPSA) is 74.8 Å². The molecule has 1 heterocycles. The maximum atomic E-state index is 12.3. The summed E-state index contributed by atoms with van der Waals surface area (Å²) in [7, 11) is -3.63. The molecule has 21 heavy (non-hydrogen) atoms. The van der Waals surface area contributed by atoms with Crippen molar-refractivity contribution in [2.24, 2.45) is 0 Å². The zero-order chi connectivity index (χ0) is 15.6. The lowest BCUT2D eigenvalue weighted by Gasteiger charge is -2.17. The molecule has 0 spiro atoms. The van der Waals surface area contributed by atoms with E-state index in [1.165, 1.54) is 17.8 Å². The van der Waals surface area contributed by atoms with Gasteiger partial charge in [-0.2, -0.15) is 13.5 Å². The van der Waals surface area contributed by atoms with E-state index in [9.17, 15) is 8.42 Å². The molecule has 114 valence electrons. The summed E-state index contributed by atoms with van der Waals surface area (Å²) in [5.41, 5.74) is 2.80. The molecule has 2 N–H and O–H groups in total. The van der Waals surface area contributed by atoms with Crippen molar-refractivity contribution in [2.45, 2.75) is 44.6 Å². The number of anilines is 1. The van der Waals surface area contributed by atoms with Gasteiger partial charge in [0.2, 0.25) is 0 Å². The van der Waals surface area contributed by atoms with E-state index in [4.69, 9.17) is 0 Å². The van der Waals surface area contributed by atoms with Crippen molar-refractivity contribution in [1.29, 1.82) is 0 Å². The molecular weight excluding hydrogens is 286 g/mol. The van der Waals surface area contributed by atoms with Crippen molar-refractivity contribution in [3.8, 4) is 0 Å². The van der Waals surface area contributed by atoms with Gasteiger partial charge in [-0.15, -0.1) is 0 Å². The summed E-state index contributed by atoms with van der Waals surface area (Å²) in [5, 5.41) is 6.22. The Hall–Kier alpha value is -1.82. The fraction of sp³-hybridized carbons (Fsp3) is 0.400. The third-order valence-electron chi connectivity index (χ3n) is 3.37. The molecular formula is C15H21N3O2S. The summed E-state index contributed by atoms with van der Waals surface area (Å²) in [6.45, 7) is 8.34. The lowest BCUT2D eigenvalue weighted by atomic mass is 9.94. The third-order valence-corrected chi connectivity index (χ3v) is 4.67. The molecule has 1 aromatic carbocycles. The molecule has 0 bridgehead atoms. The zero-order valence-corrected chi connectivity index (χ0v) is 13.5. The molecule has 2 rings (SSSR count). The highest BCUT2D eigenvalue weighted by atomic mass is 32.2. The van der Waals surface area contributed by atoms with Gasteiger partial charge in [0.25, 0.3) is 10.0 Å². The molecule has 1 aromatic heterocycles. The third kappa shape index (κ3) is 3.44. The fourth-order valence-electron chi connectivity index (χ4n) is 2.10. The van der Waals surface area contributed by atoms with Crippen LogP contribution in [-0.2, 0) is 10.0 Å². The minimum absolute atomic E-state index is 0.0603. The first-order valence-electron chi connectivity index (χ1n) is 6.97. The summed E-state index contributed by atoms with van der Waals surface area (Å²) in [5.74, 6) is 0.629. The van der Waals surface area contributed by atoms with E-state index in [0.29, 0.717) is 11.6 Å². The van der Waals surface area contributed by atoms with E-state index in [2.05, 4.69) is 34.8 Å². The van der Waals surface area contributed by atoms with Gasteiger partial charge in [0.05, 0.1) is 11.9 Å². The largest absolute Gasteiger partial charge is 0.278 e. The van der Waals surface area contributed by atoms with E-state index in [0.717, 1.165) is 5.56 Å². The zero-order valence-electron chi connectivity index (χ0n) is 12.7. The number of rotatable bonds is 5. The van der Waals surface area contributed by atoms with Gasteiger partial charge in [-0.25, -0.2) is 0 Å². The number of aromatic amines is 1. The second-order valence-electron chi connectivity index (χ2n) is 5.68. The number of aromatic nitrogens is 2. The molecule has 0 unspecified atom stereocenters. The first kappa shape index (κ1) is 15.6. The molecule has 0 radical (unpaired) electrons. The predicted molar refractivity (Wildman–Crippen MR) is 84.0 cm³/mol. The number of hydrogen-bond acceptors (Lipinski definition) is 3. The van der Waals surface area contributed by atoms with Gasteiger partial charge >= 0.3 is 0 Å². The van der Waals surface area contributed by atoms with Crippen molar-refractivity contribution in [2.75, 3.05) is 4.72 Å². The van der Waals surface area contributed by atoms with E-state index >= 15 is 0 Å². The van der Waals surface area contributed by atoms with Crippen molar-refractivity contribution in [1.82, 2.24) is 10.2 Å². The van der Waals surface area contributed by atoms with Gasteiger partial charge in [-0.05, 0) is 35.1 Å². The van der Waals surface area contributed by atoms with Gasteiger partial charge in [-0.1, -0.05) is 39.8 Å². The number of nitrogens with one attached hydrogen (secondary N) is 2. The van der Waals surface area contributed by atoms with Crippen LogP contribution in [0.4, 0.5) is 5.69 Å². The van der Waals surface area contributed by atoms with Crippen LogP contribution in [0.5, 0.6) is 0 Å². The number of nitrogens with zero attached hydrogens (tertiary/aromatic N) is 1. The molecule has 0 saturated heterocycles. The molecule has 0 fully saturated rings. The highest BCUT2D eigenvalue weighted by Crippen LogP contribution is 2.29. The van der Waals surface area contributed by atoms with E-state index < -0.39 is 10.0 Å². The monoisotopic (exact) mass is 307 g/mol. The molecule has 6 heteroatoms. The van der Waals surface area contributed by atoms with Crippen LogP contribution in [0.1, 0.15) is 50.7 Å². The van der Waals surface area contributed by atoms with Gasteiger partial charge < -0.3 is 0 Å². The molecule has 2 aromatic rings. The average molecular weight is 307 g/mol. The first-order valence-corrected chi connectivity index (χ1v) is 8.45. The SMILES string of the molecule is CC(C)c1ccc(NS(=O)(=O)c2ccn[nH]2)c(C(C)C)c1. The Labute approximate surface area is 125 Å². The molecule has 0 amide bonds. The summed E-state index contributed by atoms with van der Waals surface area (Å²) >= 11 is 0. The first-order chi connectivity index (χ1) is 9.81. The van der Waals surface area contributed by atoms with Gasteiger partial charge in [-0.3, -0.25) is 9.82 Å². The second-order valence-corrected chi connectivity index (χ2v) is 7.33. The van der Waals surface area contributed by atoms with E-state index in [1.54, 1.807) is 0 Å². The number of H-pyrrole nitrogens is 1. The van der Waals surface area contributed by atoms with Gasteiger partial charge in [0, 0.05) is 0 Å². The summed E-state index contributed by atoms with van der Waals surface area (Å²) in [6, 6.07) is 7.29. The molecule has 0 aliphatic rings. The Bertz CT molecular complexity index is 705. The molecule has 0 saturated carbocycles. The quantitative estimate of drug-likeness (QED) is 0.888. The molecule has 0 aliphatic carbocycles. The van der Waals surface area contributed by atoms with Crippen LogP contribution in [0.3, 0.4) is 0 Å². The lowest BCUT2D eigenvalue weighted by molar-refractivity contribution is 0.597. The molecule has 0 atom stereocenters. The van der Waals surface area contributed by atoms with E-state index in [-0.39, 0.29) is 10.9 Å². The van der Waals surface area contributed by atoms with Crippen LogP contribution in [0.15, 0.2) is 35.5 Å². The fourth-order valence-corrected chi connectivity index (χ4v) is 3.10. The van der Waals surface area contributed by atoms with E-state index in [1.807, 2.05) is 26.0 Å². The Morgan fingerprint density at radius 2 is 1.81 bits per heavy atom. The average Bonchev–Trinajstić information content (AvgIpc) is 2.92. The number of benzene rings is 1. The van der Waals surface area contributed by atoms with Crippen LogP contribution < -0.4 is 4.72 Å². The van der Waals surface area contributed by atoms with Crippen molar-refractivity contribution >= 4 is 15.7 Å². The Morgan fingerprint density at radius 1 is 1.10 bits per heavy atom. The normalized spacial score (nSPS) is 12.1. The number of sulfonamides is 1. The minimum atomic E-state index is -3.63. The Balaban J connectivity index is 2.40. The second kappa shape index (κ2) is 5.89. The Morgan fingerprint density at radius 3 is 2.33 bits per heavy atom. The van der Waals surface area contributed by atoms with Crippen LogP contribution in [0.25, 0.3) is 0 Å². The summed E-state index contributed by atoms with van der Waals surface area (Å²) < 4.78 is 27.2. The molecule has 5 nitrogen and oxygen atoms in total. The van der Waals surface area contributed by atoms with Crippen molar-refractivity contribution < 1.29 is 8.42 Å². The van der Waals surface area contributed by atoms with Crippen LogP contribution in [-0.4, -0.2) is 18.6 Å². The van der Waals surface area contributed by atoms with Crippen molar-refractivity contribution in [3.63, 3.8) is 0 Å². The minimum Gasteiger partial charge on any atom is -0.278 e. The number of hydrogen-bond donors (Lipinski definition) is 2. The maximum Gasteiger partial charge on any atom is 0.278 e. The molecule has 0 aliphatic heterocycles. The summed E-state index contributed by atoms with van der Waals surface area (Å²) in [4.78, 5) is 0. The van der Waals surface area contributed by atoms with Crippen molar-refractivity contribution in [3.05, 3.63) is 41.6 Å². The maximum absolute atomic E-state index is 12.3. The van der Waals surface area contributed by atoms with Crippen LogP contribution in [0.2, 0.25) is 0 Å². The van der Waals surface area contributed by atoms with Gasteiger partial charge in [0.1, 0.15) is 0 Å². The highest BCUT2D eigenvalue weighted by molar-refractivity contribution is 7.92. The highest BCUT2D eigenvalue weighted by Gasteiger charge is 2.18. The standard InChI is InChI=1S/C15H21N3O2S/c1-10(2)12-5-6-14(13(9-12)11(3)4)18-21(19,20)15-7-8-16-17-15/h5-11,18H,1-4H3,(H,16,17). The Kier molecular flexibility index (Phi) is 4.37.